The van der Waals surface area contributed by atoms with Crippen LogP contribution in [0.25, 0.3) is 0 Å². The molecule has 0 bridgehead atoms. The van der Waals surface area contributed by atoms with Crippen LogP contribution in [0.15, 0.2) is 18.2 Å². The van der Waals surface area contributed by atoms with Crippen LogP contribution in [0.2, 0.25) is 0 Å². The highest BCUT2D eigenvalue weighted by Crippen LogP contribution is 2.32. The predicted molar refractivity (Wildman–Crippen MR) is 127 cm³/mol. The van der Waals surface area contributed by atoms with Crippen LogP contribution in [-0.4, -0.2) is 87.2 Å². The van der Waals surface area contributed by atoms with E-state index in [1.807, 2.05) is 23.1 Å². The molecule has 0 spiro atoms. The number of nitrogens with one attached hydrogen (secondary N) is 2. The normalized spacial score (nSPS) is 19.8. The quantitative estimate of drug-likeness (QED) is 0.720. The summed E-state index contributed by atoms with van der Waals surface area (Å²) in [5.74, 6) is 0.0583. The largest absolute Gasteiger partial charge is 0.453 e. The number of piperazine rings is 1. The number of ether oxygens (including phenoxy) is 1. The molecule has 9 heteroatoms. The van der Waals surface area contributed by atoms with E-state index in [-0.39, 0.29) is 23.8 Å². The molecule has 1 aromatic carbocycles. The van der Waals surface area contributed by atoms with E-state index in [4.69, 9.17) is 4.74 Å². The van der Waals surface area contributed by atoms with E-state index in [2.05, 4.69) is 15.5 Å². The number of anilines is 2. The highest BCUT2D eigenvalue weighted by atomic mass is 16.5. The van der Waals surface area contributed by atoms with Gasteiger partial charge in [0.05, 0.1) is 18.5 Å². The van der Waals surface area contributed by atoms with E-state index in [0.717, 1.165) is 57.4 Å². The number of carbonyl (C=O) groups excluding carboxylic acids is 3. The fourth-order valence-corrected chi connectivity index (χ4v) is 4.99. The van der Waals surface area contributed by atoms with Crippen molar-refractivity contribution in [2.75, 3.05) is 69.7 Å². The minimum atomic E-state index is -0.316. The molecule has 0 radical (unpaired) electrons. The molecule has 1 saturated carbocycles. The molecule has 3 fully saturated rings. The summed E-state index contributed by atoms with van der Waals surface area (Å²) >= 11 is 0. The summed E-state index contributed by atoms with van der Waals surface area (Å²) < 4.78 is 4.88. The molecule has 3 aliphatic rings. The Morgan fingerprint density at radius 2 is 1.70 bits per heavy atom. The van der Waals surface area contributed by atoms with E-state index in [9.17, 15) is 14.4 Å². The van der Waals surface area contributed by atoms with E-state index in [1.54, 1.807) is 4.90 Å². The van der Waals surface area contributed by atoms with Gasteiger partial charge in [0.2, 0.25) is 5.91 Å². The Balaban J connectivity index is 1.57. The molecule has 0 unspecified atom stereocenters. The highest BCUT2D eigenvalue weighted by molar-refractivity contribution is 6.00. The number of methoxy groups -OCH3 is 1. The van der Waals surface area contributed by atoms with Crippen molar-refractivity contribution in [1.82, 2.24) is 15.1 Å². The lowest BCUT2D eigenvalue weighted by molar-refractivity contribution is -0.119. The Morgan fingerprint density at radius 1 is 0.939 bits per heavy atom. The summed E-state index contributed by atoms with van der Waals surface area (Å²) in [5.41, 5.74) is 2.16. The van der Waals surface area contributed by atoms with Crippen LogP contribution in [0, 0.1) is 5.92 Å². The zero-order valence-electron chi connectivity index (χ0n) is 19.5. The Morgan fingerprint density at radius 3 is 2.42 bits per heavy atom. The van der Waals surface area contributed by atoms with Crippen molar-refractivity contribution in [2.24, 2.45) is 5.92 Å². The predicted octanol–water partition coefficient (Wildman–Crippen LogP) is 2.14. The van der Waals surface area contributed by atoms with Crippen LogP contribution in [0.3, 0.4) is 0 Å². The second kappa shape index (κ2) is 10.9. The van der Waals surface area contributed by atoms with Crippen LogP contribution in [-0.2, 0) is 9.53 Å². The van der Waals surface area contributed by atoms with Gasteiger partial charge in [0, 0.05) is 63.8 Å². The molecule has 2 saturated heterocycles. The molecule has 0 atom stereocenters. The number of amides is 3. The molecular weight excluding hydrogens is 422 g/mol. The average Bonchev–Trinajstić information content (AvgIpc) is 3.29. The lowest BCUT2D eigenvalue weighted by atomic mass is 10.1. The van der Waals surface area contributed by atoms with Gasteiger partial charge in [-0.1, -0.05) is 12.8 Å². The van der Waals surface area contributed by atoms with E-state index < -0.39 is 0 Å². The molecule has 1 aromatic rings. The van der Waals surface area contributed by atoms with Crippen molar-refractivity contribution in [3.05, 3.63) is 23.8 Å². The fourth-order valence-electron chi connectivity index (χ4n) is 4.99. The molecule has 2 N–H and O–H groups in total. The molecule has 4 rings (SSSR count). The highest BCUT2D eigenvalue weighted by Gasteiger charge is 2.27. The topological polar surface area (TPSA) is 94.2 Å². The van der Waals surface area contributed by atoms with Crippen LogP contribution >= 0.6 is 0 Å². The first-order valence-electron chi connectivity index (χ1n) is 12.1. The van der Waals surface area contributed by atoms with Crippen LogP contribution < -0.4 is 15.5 Å². The van der Waals surface area contributed by atoms with Crippen LogP contribution in [0.1, 0.15) is 42.5 Å². The van der Waals surface area contributed by atoms with Crippen molar-refractivity contribution in [3.63, 3.8) is 0 Å². The number of rotatable bonds is 4. The summed E-state index contributed by atoms with van der Waals surface area (Å²) in [6, 6.07) is 5.62. The standard InChI is InChI=1S/C24H35N5O4/c1-33-24(32)29-12-4-11-27(15-16-29)21-8-7-19(23(31)28-13-9-25-10-14-28)17-20(21)26-22(30)18-5-2-3-6-18/h7-8,17-18,25H,2-6,9-16H2,1H3,(H,26,30). The van der Waals surface area contributed by atoms with Crippen molar-refractivity contribution >= 4 is 29.3 Å². The molecule has 180 valence electrons. The second-order valence-corrected chi connectivity index (χ2v) is 9.04. The Labute approximate surface area is 195 Å². The average molecular weight is 458 g/mol. The molecule has 0 aromatic heterocycles. The third-order valence-corrected chi connectivity index (χ3v) is 6.90. The summed E-state index contributed by atoms with van der Waals surface area (Å²) in [6.07, 6.45) is 4.48. The zero-order valence-corrected chi connectivity index (χ0v) is 19.5. The fraction of sp³-hybridized carbons (Fsp3) is 0.625. The first kappa shape index (κ1) is 23.4. The summed E-state index contributed by atoms with van der Waals surface area (Å²) in [7, 11) is 1.40. The first-order valence-corrected chi connectivity index (χ1v) is 12.1. The smallest absolute Gasteiger partial charge is 0.409 e. The number of hydrogen-bond donors (Lipinski definition) is 2. The third-order valence-electron chi connectivity index (χ3n) is 6.90. The van der Waals surface area contributed by atoms with E-state index >= 15 is 0 Å². The molecule has 33 heavy (non-hydrogen) atoms. The van der Waals surface area contributed by atoms with E-state index in [0.29, 0.717) is 44.0 Å². The maximum atomic E-state index is 13.1. The Hall–Kier alpha value is -2.81. The SMILES string of the molecule is COC(=O)N1CCCN(c2ccc(C(=O)N3CCNCC3)cc2NC(=O)C2CCCC2)CC1. The van der Waals surface area contributed by atoms with Gasteiger partial charge in [-0.3, -0.25) is 9.59 Å². The van der Waals surface area contributed by atoms with Gasteiger partial charge in [-0.25, -0.2) is 4.79 Å². The van der Waals surface area contributed by atoms with Crippen LogP contribution in [0.4, 0.5) is 16.2 Å². The summed E-state index contributed by atoms with van der Waals surface area (Å²) in [6.45, 7) is 5.51. The number of benzene rings is 1. The lowest BCUT2D eigenvalue weighted by Crippen LogP contribution is -2.46. The summed E-state index contributed by atoms with van der Waals surface area (Å²) in [5, 5.41) is 6.41. The van der Waals surface area contributed by atoms with Gasteiger partial charge in [-0.2, -0.15) is 0 Å². The van der Waals surface area contributed by atoms with Gasteiger partial charge in [-0.05, 0) is 37.5 Å². The summed E-state index contributed by atoms with van der Waals surface area (Å²) in [4.78, 5) is 43.8. The molecule has 2 heterocycles. The monoisotopic (exact) mass is 457 g/mol. The van der Waals surface area contributed by atoms with Gasteiger partial charge < -0.3 is 30.1 Å². The number of hydrogen-bond acceptors (Lipinski definition) is 6. The van der Waals surface area contributed by atoms with Crippen molar-refractivity contribution in [3.8, 4) is 0 Å². The molecule has 9 nitrogen and oxygen atoms in total. The molecule has 2 aliphatic heterocycles. The zero-order chi connectivity index (χ0) is 23.2. The third kappa shape index (κ3) is 5.58. The number of nitrogens with zero attached hydrogens (tertiary/aromatic N) is 3. The molecule has 1 aliphatic carbocycles. The maximum absolute atomic E-state index is 13.1. The number of carbonyl (C=O) groups is 3. The minimum absolute atomic E-state index is 0.00727. The van der Waals surface area contributed by atoms with Gasteiger partial charge in [0.1, 0.15) is 0 Å². The van der Waals surface area contributed by atoms with Gasteiger partial charge >= 0.3 is 6.09 Å². The molecular formula is C24H35N5O4. The second-order valence-electron chi connectivity index (χ2n) is 9.04. The molecule has 3 amide bonds. The van der Waals surface area contributed by atoms with Crippen molar-refractivity contribution < 1.29 is 19.1 Å². The van der Waals surface area contributed by atoms with Crippen molar-refractivity contribution in [2.45, 2.75) is 32.1 Å². The van der Waals surface area contributed by atoms with Crippen molar-refractivity contribution in [1.29, 1.82) is 0 Å². The van der Waals surface area contributed by atoms with Crippen LogP contribution in [0.5, 0.6) is 0 Å². The lowest BCUT2D eigenvalue weighted by Gasteiger charge is -2.29. The van der Waals surface area contributed by atoms with Gasteiger partial charge in [-0.15, -0.1) is 0 Å². The first-order chi connectivity index (χ1) is 16.1. The Bertz CT molecular complexity index is 864. The van der Waals surface area contributed by atoms with E-state index in [1.165, 1.54) is 7.11 Å². The Kier molecular flexibility index (Phi) is 7.69. The van der Waals surface area contributed by atoms with Gasteiger partial charge in [0.15, 0.2) is 0 Å². The van der Waals surface area contributed by atoms with Gasteiger partial charge in [0.25, 0.3) is 5.91 Å². The minimum Gasteiger partial charge on any atom is -0.453 e. The maximum Gasteiger partial charge on any atom is 0.409 e.